The monoisotopic (exact) mass is 331 g/mol. The van der Waals surface area contributed by atoms with Crippen LogP contribution in [0.1, 0.15) is 5.56 Å². The van der Waals surface area contributed by atoms with E-state index in [4.69, 9.17) is 0 Å². The number of benzene rings is 1. The van der Waals surface area contributed by atoms with Gasteiger partial charge >= 0.3 is 0 Å². The molecule has 3 rings (SSSR count). The van der Waals surface area contributed by atoms with Gasteiger partial charge in [0.2, 0.25) is 5.91 Å². The Morgan fingerprint density at radius 3 is 2.96 bits per heavy atom. The fourth-order valence-electron chi connectivity index (χ4n) is 2.55. The Morgan fingerprint density at radius 2 is 2.17 bits per heavy atom. The summed E-state index contributed by atoms with van der Waals surface area (Å²) in [7, 11) is 0. The van der Waals surface area contributed by atoms with Gasteiger partial charge in [-0.1, -0.05) is 6.07 Å². The van der Waals surface area contributed by atoms with Gasteiger partial charge in [-0.3, -0.25) is 14.7 Å². The van der Waals surface area contributed by atoms with Gasteiger partial charge in [0.25, 0.3) is 0 Å². The average molecular weight is 331 g/mol. The minimum absolute atomic E-state index is 0.0738. The molecule has 120 valence electrons. The molecule has 23 heavy (non-hydrogen) atoms. The first-order valence-electron chi connectivity index (χ1n) is 7.49. The van der Waals surface area contributed by atoms with Crippen LogP contribution in [0.25, 0.3) is 0 Å². The van der Waals surface area contributed by atoms with E-state index in [2.05, 4.69) is 15.2 Å². The van der Waals surface area contributed by atoms with Gasteiger partial charge in [-0.15, -0.1) is 11.8 Å². The number of anilines is 1. The van der Waals surface area contributed by atoms with Gasteiger partial charge in [0.15, 0.2) is 0 Å². The minimum Gasteiger partial charge on any atom is -0.325 e. The number of amides is 1. The number of halogens is 1. The summed E-state index contributed by atoms with van der Waals surface area (Å²) < 4.78 is 13.2. The van der Waals surface area contributed by atoms with E-state index in [9.17, 15) is 9.18 Å². The van der Waals surface area contributed by atoms with E-state index in [0.29, 0.717) is 5.69 Å². The van der Waals surface area contributed by atoms with Crippen molar-refractivity contribution in [3.8, 4) is 0 Å². The molecule has 1 aromatic carbocycles. The van der Waals surface area contributed by atoms with Crippen LogP contribution in [0.3, 0.4) is 0 Å². The first-order valence-corrected chi connectivity index (χ1v) is 8.65. The van der Waals surface area contributed by atoms with Crippen molar-refractivity contribution in [2.24, 2.45) is 0 Å². The lowest BCUT2D eigenvalue weighted by atomic mass is 10.1. The number of rotatable bonds is 5. The van der Waals surface area contributed by atoms with Gasteiger partial charge in [-0.25, -0.2) is 4.39 Å². The van der Waals surface area contributed by atoms with Crippen molar-refractivity contribution < 1.29 is 9.18 Å². The third kappa shape index (κ3) is 4.30. The lowest BCUT2D eigenvalue weighted by Gasteiger charge is -2.22. The summed E-state index contributed by atoms with van der Waals surface area (Å²) in [5.74, 6) is 1.18. The Bertz CT molecular complexity index is 668. The number of nitrogens with zero attached hydrogens (tertiary/aromatic N) is 2. The molecule has 1 atom stereocenters. The van der Waals surface area contributed by atoms with Crippen LogP contribution < -0.4 is 5.32 Å². The Balaban J connectivity index is 1.58. The molecule has 0 radical (unpaired) electrons. The molecular formula is C17H18FN3OS. The van der Waals surface area contributed by atoms with E-state index in [-0.39, 0.29) is 17.8 Å². The summed E-state index contributed by atoms with van der Waals surface area (Å²) >= 11 is 1.75. The van der Waals surface area contributed by atoms with E-state index in [1.54, 1.807) is 36.3 Å². The molecule has 0 spiro atoms. The summed E-state index contributed by atoms with van der Waals surface area (Å²) in [6.45, 7) is 0.818. The van der Waals surface area contributed by atoms with Gasteiger partial charge in [-0.05, 0) is 42.3 Å². The maximum Gasteiger partial charge on any atom is 0.242 e. The highest BCUT2D eigenvalue weighted by atomic mass is 32.2. The third-order valence-electron chi connectivity index (χ3n) is 3.81. The maximum absolute atomic E-state index is 13.2. The maximum atomic E-state index is 13.2. The Hall–Kier alpha value is -1.92. The molecule has 2 heterocycles. The summed E-state index contributed by atoms with van der Waals surface area (Å²) in [5.41, 5.74) is 1.71. The quantitative estimate of drug-likeness (QED) is 0.915. The zero-order valence-corrected chi connectivity index (χ0v) is 13.4. The first kappa shape index (κ1) is 16.0. The highest BCUT2D eigenvalue weighted by Gasteiger charge is 2.30. The summed E-state index contributed by atoms with van der Waals surface area (Å²) in [4.78, 5) is 18.6. The zero-order valence-electron chi connectivity index (χ0n) is 12.6. The second-order valence-electron chi connectivity index (χ2n) is 5.43. The molecule has 0 aliphatic carbocycles. The second-order valence-corrected chi connectivity index (χ2v) is 6.43. The van der Waals surface area contributed by atoms with Crippen molar-refractivity contribution in [1.82, 2.24) is 9.88 Å². The molecule has 1 aliphatic heterocycles. The van der Waals surface area contributed by atoms with Gasteiger partial charge < -0.3 is 5.32 Å². The minimum atomic E-state index is -0.349. The molecule has 1 saturated heterocycles. The largest absolute Gasteiger partial charge is 0.325 e. The van der Waals surface area contributed by atoms with Gasteiger partial charge in [-0.2, -0.15) is 0 Å². The molecule has 6 heteroatoms. The smallest absolute Gasteiger partial charge is 0.242 e. The summed E-state index contributed by atoms with van der Waals surface area (Å²) in [5, 5.41) is 2.81. The summed E-state index contributed by atoms with van der Waals surface area (Å²) in [6.07, 6.45) is 4.44. The zero-order chi connectivity index (χ0) is 16.1. The fraction of sp³-hybridized carbons (Fsp3) is 0.294. The van der Waals surface area contributed by atoms with E-state index < -0.39 is 0 Å². The van der Waals surface area contributed by atoms with E-state index >= 15 is 0 Å². The van der Waals surface area contributed by atoms with Crippen molar-refractivity contribution in [2.45, 2.75) is 12.5 Å². The normalized spacial score (nSPS) is 18.0. The summed E-state index contributed by atoms with van der Waals surface area (Å²) in [6, 6.07) is 9.80. The number of aromatic nitrogens is 1. The molecule has 4 nitrogen and oxygen atoms in total. The Morgan fingerprint density at radius 1 is 1.35 bits per heavy atom. The third-order valence-corrected chi connectivity index (χ3v) is 4.87. The predicted molar refractivity (Wildman–Crippen MR) is 90.8 cm³/mol. The fourth-order valence-corrected chi connectivity index (χ4v) is 3.79. The van der Waals surface area contributed by atoms with Crippen molar-refractivity contribution in [1.29, 1.82) is 0 Å². The van der Waals surface area contributed by atoms with Gasteiger partial charge in [0.1, 0.15) is 5.82 Å². The molecule has 1 fully saturated rings. The Kier molecular flexibility index (Phi) is 5.25. The van der Waals surface area contributed by atoms with Gasteiger partial charge in [0.05, 0.1) is 6.04 Å². The van der Waals surface area contributed by atoms with Crippen LogP contribution in [0.2, 0.25) is 0 Å². The number of hydrogen-bond acceptors (Lipinski definition) is 4. The molecule has 2 aromatic rings. The standard InChI is InChI=1S/C17H18FN3OS/c18-14-2-1-3-15(10-14)20-17(22)16-11-23-12-21(16)9-6-13-4-7-19-8-5-13/h1-5,7-8,10,16H,6,9,11-12H2,(H,20,22)/t16-/m1/s1. The lowest BCUT2D eigenvalue weighted by Crippen LogP contribution is -2.42. The van der Waals surface area contributed by atoms with Crippen molar-refractivity contribution >= 4 is 23.4 Å². The first-order chi connectivity index (χ1) is 11.2. The van der Waals surface area contributed by atoms with Crippen molar-refractivity contribution in [3.05, 3.63) is 60.2 Å². The van der Waals surface area contributed by atoms with Crippen molar-refractivity contribution in [3.63, 3.8) is 0 Å². The highest BCUT2D eigenvalue weighted by Crippen LogP contribution is 2.22. The predicted octanol–water partition coefficient (Wildman–Crippen LogP) is 2.78. The molecule has 0 unspecified atom stereocenters. The molecule has 0 bridgehead atoms. The second kappa shape index (κ2) is 7.57. The van der Waals surface area contributed by atoms with Crippen molar-refractivity contribution in [2.75, 3.05) is 23.5 Å². The Labute approximate surface area is 139 Å². The molecule has 0 saturated carbocycles. The number of nitrogens with one attached hydrogen (secondary N) is 1. The topological polar surface area (TPSA) is 45.2 Å². The number of carbonyl (C=O) groups excluding carboxylic acids is 1. The van der Waals surface area contributed by atoms with Gasteiger partial charge in [0, 0.05) is 36.3 Å². The van der Waals surface area contributed by atoms with Crippen LogP contribution >= 0.6 is 11.8 Å². The van der Waals surface area contributed by atoms with Crippen LogP contribution in [0.5, 0.6) is 0 Å². The van der Waals surface area contributed by atoms with E-state index in [1.807, 2.05) is 12.1 Å². The van der Waals surface area contributed by atoms with E-state index in [0.717, 1.165) is 24.6 Å². The molecule has 1 N–H and O–H groups in total. The highest BCUT2D eigenvalue weighted by molar-refractivity contribution is 7.99. The van der Waals surface area contributed by atoms with Crippen LogP contribution in [-0.2, 0) is 11.2 Å². The molecule has 1 amide bonds. The number of hydrogen-bond donors (Lipinski definition) is 1. The SMILES string of the molecule is O=C(Nc1cccc(F)c1)[C@H]1CSCN1CCc1ccncc1. The molecular weight excluding hydrogens is 313 g/mol. The molecule has 1 aromatic heterocycles. The lowest BCUT2D eigenvalue weighted by molar-refractivity contribution is -0.119. The van der Waals surface area contributed by atoms with E-state index in [1.165, 1.54) is 17.7 Å². The van der Waals surface area contributed by atoms with Crippen LogP contribution in [-0.4, -0.2) is 40.0 Å². The van der Waals surface area contributed by atoms with Crippen LogP contribution in [0, 0.1) is 5.82 Å². The average Bonchev–Trinajstić information content (AvgIpc) is 3.02. The number of pyridine rings is 1. The number of thioether (sulfide) groups is 1. The number of carbonyl (C=O) groups is 1. The van der Waals surface area contributed by atoms with Crippen LogP contribution in [0.4, 0.5) is 10.1 Å². The van der Waals surface area contributed by atoms with Crippen LogP contribution in [0.15, 0.2) is 48.8 Å². The molecule has 1 aliphatic rings.